The van der Waals surface area contributed by atoms with Gasteiger partial charge in [-0.1, -0.05) is 19.1 Å². The van der Waals surface area contributed by atoms with Crippen LogP contribution in [0, 0.1) is 0 Å². The quantitative estimate of drug-likeness (QED) is 0.811. The van der Waals surface area contributed by atoms with Gasteiger partial charge in [0, 0.05) is 13.1 Å². The highest BCUT2D eigenvalue weighted by Gasteiger charge is 2.17. The van der Waals surface area contributed by atoms with Gasteiger partial charge in [-0.05, 0) is 38.1 Å². The predicted octanol–water partition coefficient (Wildman–Crippen LogP) is 1.98. The summed E-state index contributed by atoms with van der Waals surface area (Å²) >= 11 is 0. The van der Waals surface area contributed by atoms with E-state index in [4.69, 9.17) is 5.11 Å². The fourth-order valence-electron chi connectivity index (χ4n) is 1.89. The maximum absolute atomic E-state index is 10.9. The molecule has 100 valence electrons. The third kappa shape index (κ3) is 4.85. The fourth-order valence-corrected chi connectivity index (χ4v) is 1.89. The molecule has 0 aliphatic heterocycles. The van der Waals surface area contributed by atoms with Gasteiger partial charge in [-0.25, -0.2) is 4.79 Å². The Morgan fingerprint density at radius 2 is 2.06 bits per heavy atom. The molecular formula is C14H21NO3. The number of hydrogen-bond acceptors (Lipinski definition) is 3. The van der Waals surface area contributed by atoms with Crippen molar-refractivity contribution < 1.29 is 15.0 Å². The highest BCUT2D eigenvalue weighted by atomic mass is 16.4. The summed E-state index contributed by atoms with van der Waals surface area (Å²) in [5.41, 5.74) is 0.494. The van der Waals surface area contributed by atoms with Crippen molar-refractivity contribution in [2.24, 2.45) is 0 Å². The van der Waals surface area contributed by atoms with Crippen LogP contribution in [-0.4, -0.2) is 39.8 Å². The second-order valence-corrected chi connectivity index (χ2v) is 5.12. The number of carboxylic acids is 1. The summed E-state index contributed by atoms with van der Waals surface area (Å²) in [7, 11) is 0. The van der Waals surface area contributed by atoms with E-state index in [-0.39, 0.29) is 0 Å². The summed E-state index contributed by atoms with van der Waals surface area (Å²) in [6.07, 6.45) is 0. The molecule has 1 rings (SSSR count). The fraction of sp³-hybridized carbons (Fsp3) is 0.500. The molecule has 1 aromatic carbocycles. The van der Waals surface area contributed by atoms with E-state index >= 15 is 0 Å². The Bertz CT molecular complexity index is 410. The molecule has 4 nitrogen and oxygen atoms in total. The summed E-state index contributed by atoms with van der Waals surface area (Å²) in [6.45, 7) is 7.56. The largest absolute Gasteiger partial charge is 0.478 e. The zero-order valence-electron chi connectivity index (χ0n) is 11.2. The number of carboxylic acid groups (broad SMARTS) is 1. The SMILES string of the molecule is CCN(Cc1cccc(C(=O)O)c1)CC(C)(C)O. The Hall–Kier alpha value is -1.39. The van der Waals surface area contributed by atoms with Crippen molar-refractivity contribution in [1.82, 2.24) is 4.90 Å². The second-order valence-electron chi connectivity index (χ2n) is 5.12. The van der Waals surface area contributed by atoms with Gasteiger partial charge < -0.3 is 10.2 Å². The van der Waals surface area contributed by atoms with E-state index in [1.165, 1.54) is 0 Å². The van der Waals surface area contributed by atoms with Gasteiger partial charge in [-0.2, -0.15) is 0 Å². The molecule has 0 bridgehead atoms. The van der Waals surface area contributed by atoms with Gasteiger partial charge in [0.25, 0.3) is 0 Å². The Balaban J connectivity index is 2.76. The molecule has 0 heterocycles. The Kier molecular flexibility index (Phi) is 4.87. The van der Waals surface area contributed by atoms with Crippen LogP contribution in [0.4, 0.5) is 0 Å². The van der Waals surface area contributed by atoms with Crippen molar-refractivity contribution in [3.63, 3.8) is 0 Å². The van der Waals surface area contributed by atoms with Crippen molar-refractivity contribution in [2.45, 2.75) is 32.9 Å². The number of carbonyl (C=O) groups is 1. The lowest BCUT2D eigenvalue weighted by atomic mass is 10.1. The molecule has 1 aromatic rings. The van der Waals surface area contributed by atoms with Crippen LogP contribution in [0.25, 0.3) is 0 Å². The molecule has 0 aliphatic carbocycles. The molecule has 0 radical (unpaired) electrons. The first kappa shape index (κ1) is 14.7. The van der Waals surface area contributed by atoms with Crippen molar-refractivity contribution in [2.75, 3.05) is 13.1 Å². The van der Waals surface area contributed by atoms with Crippen LogP contribution >= 0.6 is 0 Å². The minimum atomic E-state index is -0.914. The lowest BCUT2D eigenvalue weighted by Gasteiger charge is -2.28. The predicted molar refractivity (Wildman–Crippen MR) is 70.7 cm³/mol. The normalized spacial score (nSPS) is 11.8. The minimum Gasteiger partial charge on any atom is -0.478 e. The first-order valence-corrected chi connectivity index (χ1v) is 6.09. The standard InChI is InChI=1S/C14H21NO3/c1-4-15(10-14(2,3)18)9-11-6-5-7-12(8-11)13(16)17/h5-8,18H,4,9-10H2,1-3H3,(H,16,17). The summed E-state index contributed by atoms with van der Waals surface area (Å²) in [5.74, 6) is -0.914. The highest BCUT2D eigenvalue weighted by molar-refractivity contribution is 5.87. The number of rotatable bonds is 6. The number of hydrogen-bond donors (Lipinski definition) is 2. The number of likely N-dealkylation sites (N-methyl/N-ethyl adjacent to an activating group) is 1. The molecule has 0 spiro atoms. The highest BCUT2D eigenvalue weighted by Crippen LogP contribution is 2.11. The molecule has 0 amide bonds. The molecular weight excluding hydrogens is 230 g/mol. The third-order valence-electron chi connectivity index (χ3n) is 2.64. The van der Waals surface area contributed by atoms with Crippen LogP contribution < -0.4 is 0 Å². The number of aromatic carboxylic acids is 1. The number of benzene rings is 1. The van der Waals surface area contributed by atoms with Crippen molar-refractivity contribution in [1.29, 1.82) is 0 Å². The van der Waals surface area contributed by atoms with E-state index in [2.05, 4.69) is 4.90 Å². The van der Waals surface area contributed by atoms with Crippen LogP contribution in [-0.2, 0) is 6.54 Å². The van der Waals surface area contributed by atoms with Crippen LogP contribution in [0.2, 0.25) is 0 Å². The van der Waals surface area contributed by atoms with Gasteiger partial charge in [-0.3, -0.25) is 4.90 Å². The number of aliphatic hydroxyl groups is 1. The summed E-state index contributed by atoms with van der Waals surface area (Å²) in [5, 5.41) is 18.7. The maximum Gasteiger partial charge on any atom is 0.335 e. The molecule has 2 N–H and O–H groups in total. The van der Waals surface area contributed by atoms with Crippen molar-refractivity contribution in [3.05, 3.63) is 35.4 Å². The average molecular weight is 251 g/mol. The van der Waals surface area contributed by atoms with Crippen molar-refractivity contribution >= 4 is 5.97 Å². The zero-order chi connectivity index (χ0) is 13.8. The molecule has 0 aliphatic rings. The smallest absolute Gasteiger partial charge is 0.335 e. The monoisotopic (exact) mass is 251 g/mol. The van der Waals surface area contributed by atoms with Gasteiger partial charge in [0.15, 0.2) is 0 Å². The second kappa shape index (κ2) is 5.98. The van der Waals surface area contributed by atoms with Crippen LogP contribution in [0.15, 0.2) is 24.3 Å². The molecule has 4 heteroatoms. The Morgan fingerprint density at radius 3 is 2.56 bits per heavy atom. The van der Waals surface area contributed by atoms with Gasteiger partial charge in [0.1, 0.15) is 0 Å². The summed E-state index contributed by atoms with van der Waals surface area (Å²) in [4.78, 5) is 13.0. The molecule has 0 unspecified atom stereocenters. The maximum atomic E-state index is 10.9. The lowest BCUT2D eigenvalue weighted by molar-refractivity contribution is 0.0353. The van der Waals surface area contributed by atoms with Crippen molar-refractivity contribution in [3.8, 4) is 0 Å². The average Bonchev–Trinajstić information content (AvgIpc) is 2.26. The van der Waals surface area contributed by atoms with Gasteiger partial charge in [0.2, 0.25) is 0 Å². The topological polar surface area (TPSA) is 60.8 Å². The molecule has 0 aromatic heterocycles. The molecule has 0 saturated carbocycles. The summed E-state index contributed by atoms with van der Waals surface area (Å²) < 4.78 is 0. The van der Waals surface area contributed by atoms with Gasteiger partial charge in [0.05, 0.1) is 11.2 Å². The minimum absolute atomic E-state index is 0.298. The summed E-state index contributed by atoms with van der Waals surface area (Å²) in [6, 6.07) is 6.91. The van der Waals surface area contributed by atoms with E-state index in [1.54, 1.807) is 32.0 Å². The Labute approximate surface area is 108 Å². The third-order valence-corrected chi connectivity index (χ3v) is 2.64. The molecule has 0 saturated heterocycles. The van der Waals surface area contributed by atoms with Crippen LogP contribution in [0.3, 0.4) is 0 Å². The van der Waals surface area contributed by atoms with Gasteiger partial charge >= 0.3 is 5.97 Å². The molecule has 18 heavy (non-hydrogen) atoms. The Morgan fingerprint density at radius 1 is 1.39 bits per heavy atom. The van der Waals surface area contributed by atoms with Crippen LogP contribution in [0.5, 0.6) is 0 Å². The zero-order valence-corrected chi connectivity index (χ0v) is 11.2. The van der Waals surface area contributed by atoms with E-state index in [9.17, 15) is 9.90 Å². The van der Waals surface area contributed by atoms with Gasteiger partial charge in [-0.15, -0.1) is 0 Å². The molecule has 0 atom stereocenters. The van der Waals surface area contributed by atoms with E-state index in [1.807, 2.05) is 13.0 Å². The van der Waals surface area contributed by atoms with E-state index in [0.29, 0.717) is 18.7 Å². The van der Waals surface area contributed by atoms with Crippen LogP contribution in [0.1, 0.15) is 36.7 Å². The first-order chi connectivity index (χ1) is 8.31. The first-order valence-electron chi connectivity index (χ1n) is 6.09. The van der Waals surface area contributed by atoms with E-state index in [0.717, 1.165) is 12.1 Å². The number of nitrogens with zero attached hydrogens (tertiary/aromatic N) is 1. The lowest BCUT2D eigenvalue weighted by Crippen LogP contribution is -2.38. The molecule has 0 fully saturated rings. The van der Waals surface area contributed by atoms with E-state index < -0.39 is 11.6 Å².